The van der Waals surface area contributed by atoms with Crippen LogP contribution in [0.3, 0.4) is 0 Å². The highest BCUT2D eigenvalue weighted by Gasteiger charge is 2.26. The van der Waals surface area contributed by atoms with Crippen molar-refractivity contribution in [3.63, 3.8) is 0 Å². The maximum absolute atomic E-state index is 12.1. The summed E-state index contributed by atoms with van der Waals surface area (Å²) in [5, 5.41) is 0. The van der Waals surface area contributed by atoms with Crippen LogP contribution in [0.15, 0.2) is 35.3 Å². The minimum atomic E-state index is -0.485. The molecule has 0 aliphatic carbocycles. The molecule has 1 unspecified atom stereocenters. The first-order valence-corrected chi connectivity index (χ1v) is 8.90. The van der Waals surface area contributed by atoms with E-state index in [0.717, 1.165) is 5.56 Å². The van der Waals surface area contributed by atoms with Gasteiger partial charge in [0.05, 0.1) is 6.54 Å². The summed E-state index contributed by atoms with van der Waals surface area (Å²) in [6, 6.07) is 9.95. The second kappa shape index (κ2) is 10.7. The molecule has 1 heterocycles. The SMILES string of the molecule is COC(CN=C(N)N1CCN(C(=O)OC(C)(C)C)CC1)c1ccccc1.I. The number of ether oxygens (including phenoxy) is 2. The number of nitrogens with two attached hydrogens (primary N) is 1. The van der Waals surface area contributed by atoms with Gasteiger partial charge in [-0.25, -0.2) is 4.79 Å². The first kappa shape index (κ1) is 23.5. The molecule has 1 fully saturated rings. The number of halogens is 1. The number of rotatable bonds is 4. The molecular weight excluding hydrogens is 459 g/mol. The van der Waals surface area contributed by atoms with Crippen molar-refractivity contribution in [3.8, 4) is 0 Å². The lowest BCUT2D eigenvalue weighted by molar-refractivity contribution is 0.0186. The fraction of sp³-hybridized carbons (Fsp3) is 0.579. The molecule has 0 aromatic heterocycles. The Morgan fingerprint density at radius 3 is 2.22 bits per heavy atom. The van der Waals surface area contributed by atoms with Crippen molar-refractivity contribution < 1.29 is 14.3 Å². The Labute approximate surface area is 178 Å². The smallest absolute Gasteiger partial charge is 0.410 e. The summed E-state index contributed by atoms with van der Waals surface area (Å²) in [7, 11) is 1.67. The van der Waals surface area contributed by atoms with Crippen LogP contribution in [0.4, 0.5) is 4.79 Å². The number of carbonyl (C=O) groups excluding carboxylic acids is 1. The van der Waals surface area contributed by atoms with E-state index in [9.17, 15) is 4.79 Å². The molecule has 7 nitrogen and oxygen atoms in total. The molecule has 1 aromatic rings. The third-order valence-electron chi connectivity index (χ3n) is 4.13. The van der Waals surface area contributed by atoms with Gasteiger partial charge >= 0.3 is 6.09 Å². The van der Waals surface area contributed by atoms with Crippen LogP contribution in [0.1, 0.15) is 32.4 Å². The summed E-state index contributed by atoms with van der Waals surface area (Å²) in [4.78, 5) is 20.3. The second-order valence-electron chi connectivity index (χ2n) is 7.29. The molecule has 2 rings (SSSR count). The van der Waals surface area contributed by atoms with Gasteiger partial charge in [0.15, 0.2) is 5.96 Å². The van der Waals surface area contributed by atoms with Crippen LogP contribution in [0, 0.1) is 0 Å². The Kier molecular flexibility index (Phi) is 9.31. The third-order valence-corrected chi connectivity index (χ3v) is 4.13. The zero-order valence-electron chi connectivity index (χ0n) is 16.6. The quantitative estimate of drug-likeness (QED) is 0.399. The Balaban J connectivity index is 0.00000364. The molecule has 27 heavy (non-hydrogen) atoms. The van der Waals surface area contributed by atoms with Gasteiger partial charge in [0, 0.05) is 33.3 Å². The predicted octanol–water partition coefficient (Wildman–Crippen LogP) is 2.86. The number of hydrogen-bond donors (Lipinski definition) is 1. The van der Waals surface area contributed by atoms with Crippen molar-refractivity contribution in [2.45, 2.75) is 32.5 Å². The molecule has 0 bridgehead atoms. The van der Waals surface area contributed by atoms with Gasteiger partial charge in [0.1, 0.15) is 11.7 Å². The second-order valence-corrected chi connectivity index (χ2v) is 7.29. The summed E-state index contributed by atoms with van der Waals surface area (Å²) in [5.74, 6) is 0.479. The molecule has 8 heteroatoms. The lowest BCUT2D eigenvalue weighted by Gasteiger charge is -2.36. The molecule has 0 spiro atoms. The Morgan fingerprint density at radius 2 is 1.70 bits per heavy atom. The molecule has 152 valence electrons. The minimum Gasteiger partial charge on any atom is -0.444 e. The van der Waals surface area contributed by atoms with Crippen LogP contribution in [0.2, 0.25) is 0 Å². The van der Waals surface area contributed by atoms with E-state index in [1.807, 2.05) is 56.0 Å². The van der Waals surface area contributed by atoms with Crippen molar-refractivity contribution in [1.29, 1.82) is 0 Å². The molecule has 1 atom stereocenters. The third kappa shape index (κ3) is 7.53. The van der Waals surface area contributed by atoms with Gasteiger partial charge in [-0.15, -0.1) is 24.0 Å². The fourth-order valence-corrected chi connectivity index (χ4v) is 2.70. The maximum Gasteiger partial charge on any atom is 0.410 e. The number of aliphatic imine (C=N–C) groups is 1. The van der Waals surface area contributed by atoms with E-state index in [2.05, 4.69) is 4.99 Å². The summed E-state index contributed by atoms with van der Waals surface area (Å²) in [6.45, 7) is 8.46. The van der Waals surface area contributed by atoms with Gasteiger partial charge in [-0.05, 0) is 26.3 Å². The number of nitrogens with zero attached hydrogens (tertiary/aromatic N) is 3. The number of carbonyl (C=O) groups is 1. The predicted molar refractivity (Wildman–Crippen MR) is 117 cm³/mol. The van der Waals surface area contributed by atoms with Gasteiger partial charge in [-0.2, -0.15) is 0 Å². The van der Waals surface area contributed by atoms with Crippen LogP contribution >= 0.6 is 24.0 Å². The highest BCUT2D eigenvalue weighted by molar-refractivity contribution is 14.0. The standard InChI is InChI=1S/C19H30N4O3.HI/c1-19(2,3)26-18(24)23-12-10-22(11-13-23)17(20)21-14-16(25-4)15-8-6-5-7-9-15;/h5-9,16H,10-14H2,1-4H3,(H2,20,21);1H. The molecule has 0 saturated carbocycles. The van der Waals surface area contributed by atoms with E-state index < -0.39 is 5.60 Å². The zero-order valence-corrected chi connectivity index (χ0v) is 18.9. The number of hydrogen-bond acceptors (Lipinski definition) is 4. The number of methoxy groups -OCH3 is 1. The molecule has 2 N–H and O–H groups in total. The maximum atomic E-state index is 12.1. The highest BCUT2D eigenvalue weighted by Crippen LogP contribution is 2.16. The van der Waals surface area contributed by atoms with Crippen molar-refractivity contribution in [3.05, 3.63) is 35.9 Å². The average Bonchev–Trinajstić information content (AvgIpc) is 2.61. The zero-order chi connectivity index (χ0) is 19.2. The summed E-state index contributed by atoms with van der Waals surface area (Å²) in [6.07, 6.45) is -0.408. The number of piperazine rings is 1. The first-order valence-electron chi connectivity index (χ1n) is 8.90. The van der Waals surface area contributed by atoms with E-state index in [-0.39, 0.29) is 36.2 Å². The van der Waals surface area contributed by atoms with Crippen molar-refractivity contribution >= 4 is 36.0 Å². The van der Waals surface area contributed by atoms with Gasteiger partial charge in [0.25, 0.3) is 0 Å². The van der Waals surface area contributed by atoms with E-state index in [1.165, 1.54) is 0 Å². The summed E-state index contributed by atoms with van der Waals surface area (Å²) < 4.78 is 10.9. The van der Waals surface area contributed by atoms with E-state index in [0.29, 0.717) is 38.7 Å². The van der Waals surface area contributed by atoms with Gasteiger partial charge in [-0.1, -0.05) is 30.3 Å². The van der Waals surface area contributed by atoms with E-state index >= 15 is 0 Å². The van der Waals surface area contributed by atoms with Gasteiger partial charge in [0.2, 0.25) is 0 Å². The molecule has 0 radical (unpaired) electrons. The van der Waals surface area contributed by atoms with E-state index in [4.69, 9.17) is 15.2 Å². The lowest BCUT2D eigenvalue weighted by Crippen LogP contribution is -2.53. The van der Waals surface area contributed by atoms with Crippen molar-refractivity contribution in [2.24, 2.45) is 10.7 Å². The average molecular weight is 490 g/mol. The Bertz CT molecular complexity index is 611. The molecule has 1 aromatic carbocycles. The first-order chi connectivity index (χ1) is 12.3. The number of guanidine groups is 1. The monoisotopic (exact) mass is 490 g/mol. The van der Waals surface area contributed by atoms with Crippen molar-refractivity contribution in [1.82, 2.24) is 9.80 Å². The Morgan fingerprint density at radius 1 is 1.15 bits per heavy atom. The van der Waals surface area contributed by atoms with Crippen LogP contribution in [0.25, 0.3) is 0 Å². The van der Waals surface area contributed by atoms with Crippen molar-refractivity contribution in [2.75, 3.05) is 39.8 Å². The van der Waals surface area contributed by atoms with Gasteiger partial charge < -0.3 is 25.0 Å². The highest BCUT2D eigenvalue weighted by atomic mass is 127. The Hall–Kier alpha value is -1.55. The largest absolute Gasteiger partial charge is 0.444 e. The lowest BCUT2D eigenvalue weighted by atomic mass is 10.1. The molecule has 1 aliphatic heterocycles. The number of amides is 1. The molecule has 1 saturated heterocycles. The summed E-state index contributed by atoms with van der Waals surface area (Å²) >= 11 is 0. The fourth-order valence-electron chi connectivity index (χ4n) is 2.70. The van der Waals surface area contributed by atoms with Crippen LogP contribution in [-0.2, 0) is 9.47 Å². The molecular formula is C19H31IN4O3. The number of benzene rings is 1. The topological polar surface area (TPSA) is 80.4 Å². The molecule has 1 aliphatic rings. The summed E-state index contributed by atoms with van der Waals surface area (Å²) in [5.41, 5.74) is 6.72. The van der Waals surface area contributed by atoms with Crippen LogP contribution in [-0.4, -0.2) is 67.3 Å². The van der Waals surface area contributed by atoms with E-state index in [1.54, 1.807) is 12.0 Å². The normalized spacial score (nSPS) is 16.5. The van der Waals surface area contributed by atoms with Gasteiger partial charge in [-0.3, -0.25) is 4.99 Å². The molecule has 1 amide bonds. The van der Waals surface area contributed by atoms with Crippen LogP contribution in [0.5, 0.6) is 0 Å². The van der Waals surface area contributed by atoms with Crippen LogP contribution < -0.4 is 5.73 Å². The minimum absolute atomic E-state index is 0.